The van der Waals surface area contributed by atoms with E-state index in [0.29, 0.717) is 16.8 Å². The van der Waals surface area contributed by atoms with Crippen LogP contribution in [0.15, 0.2) is 66.2 Å². The number of aliphatic hydroxyl groups is 1. The van der Waals surface area contributed by atoms with Gasteiger partial charge in [-0.1, -0.05) is 35.9 Å². The number of amides is 1. The summed E-state index contributed by atoms with van der Waals surface area (Å²) in [6.45, 7) is 0. The summed E-state index contributed by atoms with van der Waals surface area (Å²) in [5, 5.41) is 21.5. The summed E-state index contributed by atoms with van der Waals surface area (Å²) in [7, 11) is 4.07. The molecule has 38 heavy (non-hydrogen) atoms. The topological polar surface area (TPSA) is 123 Å². The maximum absolute atomic E-state index is 13.4. The average molecular weight is 538 g/mol. The smallest absolute Gasteiger partial charge is 0.309 e. The summed E-state index contributed by atoms with van der Waals surface area (Å²) in [5.74, 6) is -2.32. The van der Waals surface area contributed by atoms with Crippen LogP contribution in [0.1, 0.15) is 22.7 Å². The molecule has 0 aromatic heterocycles. The first-order valence-corrected chi connectivity index (χ1v) is 11.8. The van der Waals surface area contributed by atoms with Gasteiger partial charge in [-0.15, -0.1) is 0 Å². The predicted molar refractivity (Wildman–Crippen MR) is 140 cm³/mol. The quantitative estimate of drug-likeness (QED) is 0.197. The van der Waals surface area contributed by atoms with E-state index in [1.165, 1.54) is 50.5 Å². The molecule has 2 N–H and O–H groups in total. The van der Waals surface area contributed by atoms with E-state index in [4.69, 9.17) is 25.8 Å². The standard InChI is InChI=1S/C28H24ClNO8/c1-36-21-14-20(29)22(37-2)13-19(21)26(33)24-25(16-6-10-18(31)11-7-16)30(28(35)27(24)34)17-8-4-15(5-9-17)12-23(32)38-3/h4-11,13-14,25,31,33H,12H2,1-3H3/b26-24+. The Morgan fingerprint density at radius 3 is 2.16 bits per heavy atom. The summed E-state index contributed by atoms with van der Waals surface area (Å²) in [4.78, 5) is 39.7. The average Bonchev–Trinajstić information content (AvgIpc) is 3.18. The maximum Gasteiger partial charge on any atom is 0.309 e. The van der Waals surface area contributed by atoms with E-state index in [1.54, 1.807) is 36.4 Å². The number of carbonyl (C=O) groups excluding carboxylic acids is 3. The Kier molecular flexibility index (Phi) is 7.59. The molecule has 1 saturated heterocycles. The number of benzene rings is 3. The van der Waals surface area contributed by atoms with E-state index in [2.05, 4.69) is 0 Å². The lowest BCUT2D eigenvalue weighted by molar-refractivity contribution is -0.139. The number of hydrogen-bond acceptors (Lipinski definition) is 8. The van der Waals surface area contributed by atoms with Gasteiger partial charge in [-0.25, -0.2) is 0 Å². The highest BCUT2D eigenvalue weighted by Gasteiger charge is 2.47. The number of aromatic hydroxyl groups is 1. The molecule has 0 saturated carbocycles. The third-order valence-corrected chi connectivity index (χ3v) is 6.47. The summed E-state index contributed by atoms with van der Waals surface area (Å²) >= 11 is 6.21. The zero-order chi connectivity index (χ0) is 27.6. The van der Waals surface area contributed by atoms with Gasteiger partial charge in [0, 0.05) is 11.8 Å². The van der Waals surface area contributed by atoms with E-state index < -0.39 is 29.5 Å². The Labute approximate surface area is 223 Å². The molecule has 1 unspecified atom stereocenters. The van der Waals surface area contributed by atoms with Crippen molar-refractivity contribution in [1.82, 2.24) is 0 Å². The molecule has 0 spiro atoms. The van der Waals surface area contributed by atoms with Crippen LogP contribution in [0.5, 0.6) is 17.2 Å². The molecular formula is C28H24ClNO8. The van der Waals surface area contributed by atoms with Crippen LogP contribution in [0.4, 0.5) is 5.69 Å². The zero-order valence-electron chi connectivity index (χ0n) is 20.7. The molecule has 0 bridgehead atoms. The van der Waals surface area contributed by atoms with Gasteiger partial charge in [-0.3, -0.25) is 19.3 Å². The van der Waals surface area contributed by atoms with Crippen LogP contribution >= 0.6 is 11.6 Å². The Morgan fingerprint density at radius 1 is 0.947 bits per heavy atom. The minimum atomic E-state index is -1.05. The molecular weight excluding hydrogens is 514 g/mol. The Morgan fingerprint density at radius 2 is 1.58 bits per heavy atom. The number of nitrogens with zero attached hydrogens (tertiary/aromatic N) is 1. The SMILES string of the molecule is COC(=O)Cc1ccc(N2C(=O)C(=O)/C(=C(/O)c3cc(OC)c(Cl)cc3OC)C2c2ccc(O)cc2)cc1. The zero-order valence-corrected chi connectivity index (χ0v) is 21.5. The normalized spacial score (nSPS) is 16.4. The van der Waals surface area contributed by atoms with E-state index in [1.807, 2.05) is 0 Å². The number of Topliss-reactive ketones (excluding diaryl/α,β-unsaturated/α-hetero) is 1. The van der Waals surface area contributed by atoms with E-state index >= 15 is 0 Å². The number of phenols is 1. The number of hydrogen-bond donors (Lipinski definition) is 2. The van der Waals surface area contributed by atoms with Crippen LogP contribution in [0, 0.1) is 0 Å². The van der Waals surface area contributed by atoms with Crippen LogP contribution in [0.2, 0.25) is 5.02 Å². The molecule has 0 aliphatic carbocycles. The third-order valence-electron chi connectivity index (χ3n) is 6.17. The fourth-order valence-corrected chi connectivity index (χ4v) is 4.51. The lowest BCUT2D eigenvalue weighted by Crippen LogP contribution is -2.29. The third kappa shape index (κ3) is 4.88. The molecule has 1 aliphatic heterocycles. The molecule has 0 radical (unpaired) electrons. The van der Waals surface area contributed by atoms with E-state index in [0.717, 1.165) is 0 Å². The van der Waals surface area contributed by atoms with Crippen molar-refractivity contribution < 1.29 is 38.8 Å². The van der Waals surface area contributed by atoms with Crippen molar-refractivity contribution in [2.45, 2.75) is 12.5 Å². The lowest BCUT2D eigenvalue weighted by atomic mass is 9.94. The molecule has 3 aromatic rings. The molecule has 1 fully saturated rings. The number of anilines is 1. The van der Waals surface area contributed by atoms with E-state index in [-0.39, 0.29) is 39.8 Å². The molecule has 1 atom stereocenters. The number of methoxy groups -OCH3 is 3. The molecule has 1 heterocycles. The van der Waals surface area contributed by atoms with Crippen LogP contribution < -0.4 is 14.4 Å². The summed E-state index contributed by atoms with van der Waals surface area (Å²) < 4.78 is 15.3. The predicted octanol–water partition coefficient (Wildman–Crippen LogP) is 4.40. The highest BCUT2D eigenvalue weighted by atomic mass is 35.5. The van der Waals surface area contributed by atoms with Gasteiger partial charge >= 0.3 is 5.97 Å². The highest BCUT2D eigenvalue weighted by Crippen LogP contribution is 2.45. The highest BCUT2D eigenvalue weighted by molar-refractivity contribution is 6.51. The fraction of sp³-hybridized carbons (Fsp3) is 0.179. The van der Waals surface area contributed by atoms with Crippen molar-refractivity contribution in [3.05, 3.63) is 87.9 Å². The lowest BCUT2D eigenvalue weighted by Gasteiger charge is -2.26. The molecule has 196 valence electrons. The van der Waals surface area contributed by atoms with Crippen LogP contribution in [0.25, 0.3) is 5.76 Å². The van der Waals surface area contributed by atoms with Gasteiger partial charge < -0.3 is 24.4 Å². The van der Waals surface area contributed by atoms with Crippen molar-refractivity contribution >= 4 is 40.7 Å². The number of carbonyl (C=O) groups is 3. The van der Waals surface area contributed by atoms with Gasteiger partial charge in [0.05, 0.1) is 50.0 Å². The number of esters is 1. The van der Waals surface area contributed by atoms with Crippen LogP contribution in [0.3, 0.4) is 0 Å². The van der Waals surface area contributed by atoms with Gasteiger partial charge in [-0.2, -0.15) is 0 Å². The number of aliphatic hydroxyl groups excluding tert-OH is 1. The van der Waals surface area contributed by atoms with Crippen molar-refractivity contribution in [3.8, 4) is 17.2 Å². The van der Waals surface area contributed by atoms with Gasteiger partial charge in [0.1, 0.15) is 23.0 Å². The van der Waals surface area contributed by atoms with Gasteiger partial charge in [0.2, 0.25) is 0 Å². The molecule has 10 heteroatoms. The monoisotopic (exact) mass is 537 g/mol. The van der Waals surface area contributed by atoms with Crippen LogP contribution in [-0.2, 0) is 25.5 Å². The molecule has 1 amide bonds. The Hall–Kier alpha value is -4.50. The molecule has 3 aromatic carbocycles. The second-order valence-electron chi connectivity index (χ2n) is 8.37. The number of rotatable bonds is 7. The minimum Gasteiger partial charge on any atom is -0.508 e. The number of phenolic OH excluding ortho intramolecular Hbond substituents is 1. The maximum atomic E-state index is 13.4. The number of ketones is 1. The second kappa shape index (κ2) is 10.9. The summed E-state index contributed by atoms with van der Waals surface area (Å²) in [5.41, 5.74) is 1.38. The Bertz CT molecular complexity index is 1430. The van der Waals surface area contributed by atoms with Crippen molar-refractivity contribution in [2.75, 3.05) is 26.2 Å². The van der Waals surface area contributed by atoms with Gasteiger partial charge in [-0.05, 0) is 41.5 Å². The Balaban J connectivity index is 1.91. The first-order valence-electron chi connectivity index (χ1n) is 11.4. The molecule has 1 aliphatic rings. The fourth-order valence-electron chi connectivity index (χ4n) is 4.27. The van der Waals surface area contributed by atoms with Crippen molar-refractivity contribution in [3.63, 3.8) is 0 Å². The second-order valence-corrected chi connectivity index (χ2v) is 8.77. The number of ether oxygens (including phenoxy) is 3. The summed E-state index contributed by atoms with van der Waals surface area (Å²) in [6, 6.07) is 14.2. The molecule has 4 rings (SSSR count). The van der Waals surface area contributed by atoms with Gasteiger partial charge in [0.25, 0.3) is 11.7 Å². The van der Waals surface area contributed by atoms with Gasteiger partial charge in [0.15, 0.2) is 0 Å². The first kappa shape index (κ1) is 26.6. The molecule has 9 nitrogen and oxygen atoms in total. The summed E-state index contributed by atoms with van der Waals surface area (Å²) in [6.07, 6.45) is 0.0369. The minimum absolute atomic E-state index is 0.0121. The van der Waals surface area contributed by atoms with Crippen molar-refractivity contribution in [1.29, 1.82) is 0 Å². The number of halogens is 1. The van der Waals surface area contributed by atoms with E-state index in [9.17, 15) is 24.6 Å². The van der Waals surface area contributed by atoms with Crippen LogP contribution in [-0.4, -0.2) is 49.2 Å². The first-order chi connectivity index (χ1) is 18.2. The van der Waals surface area contributed by atoms with Crippen molar-refractivity contribution in [2.24, 2.45) is 0 Å². The largest absolute Gasteiger partial charge is 0.508 e.